The van der Waals surface area contributed by atoms with E-state index in [1.807, 2.05) is 0 Å². The van der Waals surface area contributed by atoms with Crippen LogP contribution in [-0.2, 0) is 14.4 Å². The first kappa shape index (κ1) is 10.5. The number of carbonyl (C=O) groups excluding carboxylic acids is 3. The molecule has 9 heteroatoms. The summed E-state index contributed by atoms with van der Waals surface area (Å²) in [5, 5.41) is 0. The molecule has 0 radical (unpaired) electrons. The number of aromatic nitrogens is 3. The highest BCUT2D eigenvalue weighted by Gasteiger charge is 2.09. The predicted molar refractivity (Wildman–Crippen MR) is 39.9 cm³/mol. The molecule has 0 N–H and O–H groups in total. The standard InChI is InChI=1S/C6H3N3O6/c10-1-13-4-7-5(14-2-11)9-6(8-4)15-3-12/h1-3H. The van der Waals surface area contributed by atoms with Crippen LogP contribution in [0.15, 0.2) is 0 Å². The molecule has 0 aliphatic carbocycles. The molecule has 0 amide bonds. The summed E-state index contributed by atoms with van der Waals surface area (Å²) in [7, 11) is 0. The molecule has 0 aromatic carbocycles. The molecule has 9 nitrogen and oxygen atoms in total. The fourth-order valence-corrected chi connectivity index (χ4v) is 0.608. The Kier molecular flexibility index (Phi) is 3.65. The van der Waals surface area contributed by atoms with Gasteiger partial charge < -0.3 is 14.2 Å². The van der Waals surface area contributed by atoms with Gasteiger partial charge in [0, 0.05) is 0 Å². The summed E-state index contributed by atoms with van der Waals surface area (Å²) in [5.41, 5.74) is 0. The Morgan fingerprint density at radius 2 is 0.933 bits per heavy atom. The largest absolute Gasteiger partial charge is 0.393 e. The number of carbonyl (C=O) groups is 3. The van der Waals surface area contributed by atoms with Crippen LogP contribution in [-0.4, -0.2) is 34.4 Å². The van der Waals surface area contributed by atoms with E-state index in [0.717, 1.165) is 0 Å². The Morgan fingerprint density at radius 1 is 0.667 bits per heavy atom. The Bertz CT molecular complexity index is 312. The summed E-state index contributed by atoms with van der Waals surface area (Å²) in [6.45, 7) is 0.139. The van der Waals surface area contributed by atoms with Crippen molar-refractivity contribution in [3.05, 3.63) is 0 Å². The monoisotopic (exact) mass is 213 g/mol. The second-order valence-electron chi connectivity index (χ2n) is 1.83. The van der Waals surface area contributed by atoms with Gasteiger partial charge in [0.25, 0.3) is 0 Å². The first-order chi connectivity index (χ1) is 7.30. The molecule has 0 fully saturated rings. The second kappa shape index (κ2) is 5.21. The van der Waals surface area contributed by atoms with Gasteiger partial charge >= 0.3 is 37.4 Å². The van der Waals surface area contributed by atoms with Crippen molar-refractivity contribution in [2.75, 3.05) is 0 Å². The van der Waals surface area contributed by atoms with Crippen molar-refractivity contribution in [2.45, 2.75) is 0 Å². The van der Waals surface area contributed by atoms with Crippen molar-refractivity contribution < 1.29 is 28.6 Å². The maximum Gasteiger partial charge on any atom is 0.333 e. The van der Waals surface area contributed by atoms with Crippen LogP contribution in [0, 0.1) is 0 Å². The number of rotatable bonds is 6. The van der Waals surface area contributed by atoms with Crippen molar-refractivity contribution in [1.82, 2.24) is 15.0 Å². The highest BCUT2D eigenvalue weighted by atomic mass is 16.6. The van der Waals surface area contributed by atoms with Gasteiger partial charge in [0.15, 0.2) is 0 Å². The minimum absolute atomic E-state index is 0.0463. The van der Waals surface area contributed by atoms with E-state index in [0.29, 0.717) is 0 Å². The van der Waals surface area contributed by atoms with E-state index >= 15 is 0 Å². The van der Waals surface area contributed by atoms with Crippen molar-refractivity contribution in [3.63, 3.8) is 0 Å². The van der Waals surface area contributed by atoms with E-state index in [-0.39, 0.29) is 19.4 Å². The minimum Gasteiger partial charge on any atom is -0.393 e. The van der Waals surface area contributed by atoms with Gasteiger partial charge in [-0.25, -0.2) is 0 Å². The normalized spacial score (nSPS) is 8.80. The molecule has 0 saturated heterocycles. The Balaban J connectivity index is 3.00. The summed E-state index contributed by atoms with van der Waals surface area (Å²) >= 11 is 0. The smallest absolute Gasteiger partial charge is 0.333 e. The molecule has 15 heavy (non-hydrogen) atoms. The number of nitrogens with zero attached hydrogens (tertiary/aromatic N) is 3. The molecule has 1 aromatic heterocycles. The van der Waals surface area contributed by atoms with E-state index in [1.54, 1.807) is 0 Å². The maximum absolute atomic E-state index is 9.97. The molecule has 0 bridgehead atoms. The van der Waals surface area contributed by atoms with Crippen molar-refractivity contribution >= 4 is 19.4 Å². The number of hydrogen-bond donors (Lipinski definition) is 0. The van der Waals surface area contributed by atoms with Crippen LogP contribution in [0.2, 0.25) is 0 Å². The summed E-state index contributed by atoms with van der Waals surface area (Å²) in [5.74, 6) is 0. The van der Waals surface area contributed by atoms with Gasteiger partial charge in [-0.2, -0.15) is 0 Å². The van der Waals surface area contributed by atoms with E-state index in [2.05, 4.69) is 29.2 Å². The van der Waals surface area contributed by atoms with E-state index in [1.165, 1.54) is 0 Å². The molecule has 1 heterocycles. The molecule has 1 aromatic rings. The van der Waals surface area contributed by atoms with E-state index < -0.39 is 18.0 Å². The van der Waals surface area contributed by atoms with Gasteiger partial charge in [-0.1, -0.05) is 0 Å². The third kappa shape index (κ3) is 2.99. The van der Waals surface area contributed by atoms with Crippen LogP contribution < -0.4 is 14.2 Å². The predicted octanol–water partition coefficient (Wildman–Crippen LogP) is -1.52. The number of ether oxygens (including phenoxy) is 3. The van der Waals surface area contributed by atoms with Crippen LogP contribution in [0.1, 0.15) is 0 Å². The van der Waals surface area contributed by atoms with Crippen LogP contribution in [0.25, 0.3) is 0 Å². The first-order valence-electron chi connectivity index (χ1n) is 3.37. The molecule has 0 unspecified atom stereocenters. The highest BCUT2D eigenvalue weighted by Crippen LogP contribution is 2.12. The van der Waals surface area contributed by atoms with Crippen LogP contribution in [0.3, 0.4) is 0 Å². The maximum atomic E-state index is 9.97. The summed E-state index contributed by atoms with van der Waals surface area (Å²) in [6.07, 6.45) is 0. The van der Waals surface area contributed by atoms with Crippen LogP contribution in [0.4, 0.5) is 0 Å². The third-order valence-corrected chi connectivity index (χ3v) is 1.03. The van der Waals surface area contributed by atoms with Gasteiger partial charge in [0.2, 0.25) is 0 Å². The summed E-state index contributed by atoms with van der Waals surface area (Å²) < 4.78 is 12.7. The fourth-order valence-electron chi connectivity index (χ4n) is 0.608. The lowest BCUT2D eigenvalue weighted by Crippen LogP contribution is -2.04. The first-order valence-corrected chi connectivity index (χ1v) is 3.37. The zero-order valence-corrected chi connectivity index (χ0v) is 7.02. The molecule has 0 spiro atoms. The lowest BCUT2D eigenvalue weighted by molar-refractivity contribution is -0.121. The Labute approximate surface area is 82.0 Å². The minimum atomic E-state index is -0.464. The zero-order chi connectivity index (χ0) is 11.1. The molecule has 0 aliphatic heterocycles. The lowest BCUT2D eigenvalue weighted by Gasteiger charge is -2.00. The molecule has 0 atom stereocenters. The highest BCUT2D eigenvalue weighted by molar-refractivity contribution is 5.45. The number of hydrogen-bond acceptors (Lipinski definition) is 9. The lowest BCUT2D eigenvalue weighted by atomic mass is 10.9. The van der Waals surface area contributed by atoms with Crippen molar-refractivity contribution in [1.29, 1.82) is 0 Å². The zero-order valence-electron chi connectivity index (χ0n) is 7.02. The van der Waals surface area contributed by atoms with Gasteiger partial charge in [-0.15, -0.1) is 15.0 Å². The van der Waals surface area contributed by atoms with Gasteiger partial charge in [-0.3, -0.25) is 14.4 Å². The van der Waals surface area contributed by atoms with E-state index in [4.69, 9.17) is 0 Å². The van der Waals surface area contributed by atoms with Gasteiger partial charge in [0.1, 0.15) is 0 Å². The topological polar surface area (TPSA) is 118 Å². The van der Waals surface area contributed by atoms with Crippen LogP contribution in [0.5, 0.6) is 18.0 Å². The Morgan fingerprint density at radius 3 is 1.13 bits per heavy atom. The van der Waals surface area contributed by atoms with Crippen LogP contribution >= 0.6 is 0 Å². The molecular weight excluding hydrogens is 210 g/mol. The van der Waals surface area contributed by atoms with E-state index in [9.17, 15) is 14.4 Å². The summed E-state index contributed by atoms with van der Waals surface area (Å²) in [6, 6.07) is -1.39. The van der Waals surface area contributed by atoms with Crippen molar-refractivity contribution in [3.8, 4) is 18.0 Å². The van der Waals surface area contributed by atoms with Gasteiger partial charge in [0.05, 0.1) is 0 Å². The van der Waals surface area contributed by atoms with Crippen molar-refractivity contribution in [2.24, 2.45) is 0 Å². The second-order valence-corrected chi connectivity index (χ2v) is 1.83. The summed E-state index contributed by atoms with van der Waals surface area (Å²) in [4.78, 5) is 40.0. The fraction of sp³-hybridized carbons (Fsp3) is 0. The molecule has 0 saturated carbocycles. The molecule has 1 rings (SSSR count). The third-order valence-electron chi connectivity index (χ3n) is 1.03. The van der Waals surface area contributed by atoms with Gasteiger partial charge in [-0.05, 0) is 0 Å². The molecular formula is C6H3N3O6. The molecule has 78 valence electrons. The Hall–Kier alpha value is -2.58. The SMILES string of the molecule is O=COc1nc(OC=O)nc(OC=O)n1. The average molecular weight is 213 g/mol. The quantitative estimate of drug-likeness (QED) is 0.518. The molecule has 0 aliphatic rings. The average Bonchev–Trinajstić information content (AvgIpc) is 2.19.